The van der Waals surface area contributed by atoms with Crippen LogP contribution in [0.15, 0.2) is 18.1 Å². The van der Waals surface area contributed by atoms with E-state index < -0.39 is 126 Å². The van der Waals surface area contributed by atoms with Crippen LogP contribution >= 0.6 is 0 Å². The number of rotatable bonds is 1. The molecule has 1 amide bonds. The molecule has 2 bridgehead atoms. The van der Waals surface area contributed by atoms with E-state index in [1.807, 2.05) is 0 Å². The van der Waals surface area contributed by atoms with Gasteiger partial charge in [-0.2, -0.15) is 0 Å². The predicted molar refractivity (Wildman–Crippen MR) is 86.1 cm³/mol. The largest absolute Gasteiger partial charge is 0.333 e. The molecule has 4 aliphatic heterocycles. The van der Waals surface area contributed by atoms with Crippen molar-refractivity contribution in [2.45, 2.75) is 43.8 Å². The molecule has 0 radical (unpaired) electrons. The van der Waals surface area contributed by atoms with E-state index in [0.717, 1.165) is 0 Å². The van der Waals surface area contributed by atoms with Crippen LogP contribution in [-0.2, 0) is 6.37 Å². The molecule has 0 spiro atoms. The third kappa shape index (κ3) is 1.81. The summed E-state index contributed by atoms with van der Waals surface area (Å²) in [5, 5.41) is 0. The van der Waals surface area contributed by atoms with Crippen LogP contribution in [0, 0.1) is 5.89 Å². The minimum Gasteiger partial charge on any atom is -0.333 e. The zero-order valence-corrected chi connectivity index (χ0v) is 10.9. The van der Waals surface area contributed by atoms with E-state index in [9.17, 15) is 6.17 Å². The van der Waals surface area contributed by atoms with E-state index in [1.54, 1.807) is 0 Å². The fourth-order valence-corrected chi connectivity index (χ4v) is 2.55. The van der Waals surface area contributed by atoms with Crippen LogP contribution in [0.25, 0.3) is 0 Å². The molecule has 3 saturated heterocycles. The molecule has 0 N–H and O–H groups in total. The summed E-state index contributed by atoms with van der Waals surface area (Å²) in [6.45, 7) is -16.0. The molecule has 5 aliphatic rings. The molecule has 1 aliphatic carbocycles. The standard InChI is InChI=1S/C19H24N2O/c22-19-16-6-2-4-14-3-1-5-15(18(14)16)11-21(19)17-12-20-9-7-13(17)8-10-20/h2,4,6,13,15,17H,1,3,5,7-12H2/t15-,17-/m1/s1/i1D2,2D,3D2,4D,5D2,6D,7D2,8D2,9D2,10D2,11D2,12D2,13D,15D. The van der Waals surface area contributed by atoms with E-state index in [0.29, 0.717) is 0 Å². The quantitative estimate of drug-likeness (QED) is 0.794. The summed E-state index contributed by atoms with van der Waals surface area (Å²) < 4.78 is 197. The van der Waals surface area contributed by atoms with Gasteiger partial charge in [-0.15, -0.1) is 0 Å². The average Bonchev–Trinajstić information content (AvgIpc) is 2.84. The molecule has 22 heavy (non-hydrogen) atoms. The monoisotopic (exact) mass is 319 g/mol. The number of carbonyl (C=O) groups is 1. The Morgan fingerprint density at radius 2 is 2.09 bits per heavy atom. The van der Waals surface area contributed by atoms with Gasteiger partial charge in [0.15, 0.2) is 0 Å². The van der Waals surface area contributed by atoms with Gasteiger partial charge in [0.1, 0.15) is 0 Å². The lowest BCUT2D eigenvalue weighted by Gasteiger charge is -2.51. The van der Waals surface area contributed by atoms with E-state index in [4.69, 9.17) is 30.2 Å². The molecule has 3 nitrogen and oxygen atoms in total. The van der Waals surface area contributed by atoms with Crippen molar-refractivity contribution in [3.8, 4) is 0 Å². The third-order valence-electron chi connectivity index (χ3n) is 3.55. The molecule has 1 aromatic rings. The lowest BCUT2D eigenvalue weighted by atomic mass is 9.75. The van der Waals surface area contributed by atoms with Crippen LogP contribution in [0.4, 0.5) is 0 Å². The summed E-state index contributed by atoms with van der Waals surface area (Å²) >= 11 is 0. The molecule has 0 unspecified atom stereocenters. The zero-order valence-electron chi connectivity index (χ0n) is 33.9. The molecule has 3 fully saturated rings. The van der Waals surface area contributed by atoms with Crippen LogP contribution < -0.4 is 0 Å². The van der Waals surface area contributed by atoms with Crippen molar-refractivity contribution in [1.29, 1.82) is 0 Å². The maximum atomic E-state index is 14.3. The number of benzene rings is 1. The summed E-state index contributed by atoms with van der Waals surface area (Å²) in [6.07, 6.45) is -19.8. The molecule has 1 aromatic carbocycles. The van der Waals surface area contributed by atoms with E-state index in [-0.39, 0.29) is 0 Å². The number of hydrogen-bond acceptors (Lipinski definition) is 2. The Morgan fingerprint density at radius 1 is 1.23 bits per heavy atom. The molecule has 116 valence electrons. The lowest BCUT2D eigenvalue weighted by Crippen LogP contribution is -2.60. The number of piperidine rings is 3. The molecular weight excluding hydrogens is 272 g/mol. The van der Waals surface area contributed by atoms with Gasteiger partial charge in [-0.3, -0.25) is 4.79 Å². The van der Waals surface area contributed by atoms with Crippen molar-refractivity contribution in [2.24, 2.45) is 5.89 Å². The average molecular weight is 320 g/mol. The number of hydrogen-bond donors (Lipinski definition) is 0. The van der Waals surface area contributed by atoms with E-state index in [1.165, 1.54) is 0 Å². The van der Waals surface area contributed by atoms with Crippen molar-refractivity contribution in [2.75, 3.05) is 26.0 Å². The second-order valence-corrected chi connectivity index (χ2v) is 4.79. The highest BCUT2D eigenvalue weighted by molar-refractivity contribution is 5.97. The second-order valence-electron chi connectivity index (χ2n) is 4.79. The van der Waals surface area contributed by atoms with Crippen LogP contribution in [0.1, 0.15) is 84.4 Å². The summed E-state index contributed by atoms with van der Waals surface area (Å²) in [4.78, 5) is 13.2. The number of carbonyl (C=O) groups excluding carboxylic acids is 1. The fraction of sp³-hybridized carbons (Fsp3) is 0.632. The van der Waals surface area contributed by atoms with Crippen molar-refractivity contribution in [1.82, 2.24) is 9.80 Å². The minimum absolute atomic E-state index is 0.526. The normalized spacial score (nSPS) is 79.0. The summed E-state index contributed by atoms with van der Waals surface area (Å²) in [5.74, 6) is -10.2. The van der Waals surface area contributed by atoms with Crippen molar-refractivity contribution < 1.29 is 36.3 Å². The maximum absolute atomic E-state index is 14.3. The lowest BCUT2D eigenvalue weighted by molar-refractivity contribution is 0.00258. The summed E-state index contributed by atoms with van der Waals surface area (Å²) in [7, 11) is 0. The van der Waals surface area contributed by atoms with Crippen LogP contribution in [0.2, 0.25) is 0 Å². The van der Waals surface area contributed by atoms with Crippen molar-refractivity contribution >= 4 is 5.91 Å². The van der Waals surface area contributed by atoms with Gasteiger partial charge in [0.05, 0.1) is 6.85 Å². The minimum atomic E-state index is -4.25. The molecular formula is C19H24N2O. The number of amides is 1. The Kier molecular flexibility index (Phi) is 0.770. The van der Waals surface area contributed by atoms with Gasteiger partial charge in [0, 0.05) is 55.2 Å². The van der Waals surface area contributed by atoms with E-state index in [2.05, 4.69) is 0 Å². The Balaban J connectivity index is 2.01. The van der Waals surface area contributed by atoms with Crippen LogP contribution in [0.3, 0.4) is 0 Å². The van der Waals surface area contributed by atoms with Gasteiger partial charge in [-0.05, 0) is 67.9 Å². The first kappa shape index (κ1) is 3.51. The summed E-state index contributed by atoms with van der Waals surface area (Å²) in [5.41, 5.74) is -4.11. The van der Waals surface area contributed by atoms with Crippen LogP contribution in [-0.4, -0.2) is 47.7 Å². The van der Waals surface area contributed by atoms with Gasteiger partial charge in [0.2, 0.25) is 0 Å². The van der Waals surface area contributed by atoms with Gasteiger partial charge in [-0.25, -0.2) is 0 Å². The third-order valence-corrected chi connectivity index (χ3v) is 3.55. The Morgan fingerprint density at radius 3 is 2.95 bits per heavy atom. The van der Waals surface area contributed by atoms with Crippen molar-refractivity contribution in [3.63, 3.8) is 0 Å². The van der Waals surface area contributed by atoms with Crippen molar-refractivity contribution in [3.05, 3.63) is 34.8 Å². The maximum Gasteiger partial charge on any atom is 0.254 e. The number of nitrogens with zero attached hydrogens (tertiary/aromatic N) is 2. The zero-order chi connectivity index (χ0) is 35.3. The van der Waals surface area contributed by atoms with Gasteiger partial charge < -0.3 is 9.80 Å². The highest BCUT2D eigenvalue weighted by atomic mass is 16.2. The first-order chi connectivity index (χ1) is 19.6. The van der Waals surface area contributed by atoms with Gasteiger partial charge >= 0.3 is 0 Å². The van der Waals surface area contributed by atoms with Crippen LogP contribution in [0.5, 0.6) is 0 Å². The van der Waals surface area contributed by atoms with Gasteiger partial charge in [0.25, 0.3) is 5.91 Å². The Bertz CT molecular complexity index is 1540. The molecule has 6 rings (SSSR count). The van der Waals surface area contributed by atoms with Gasteiger partial charge in [-0.1, -0.05) is 12.1 Å². The number of fused-ring (bicyclic) bond motifs is 3. The highest BCUT2D eigenvalue weighted by Crippen LogP contribution is 2.41. The Hall–Kier alpha value is -1.35. The smallest absolute Gasteiger partial charge is 0.254 e. The first-order valence-corrected chi connectivity index (χ1v) is 6.41. The predicted octanol–water partition coefficient (Wildman–Crippen LogP) is 2.66. The van der Waals surface area contributed by atoms with E-state index >= 15 is 0 Å². The fourth-order valence-electron chi connectivity index (χ4n) is 2.55. The summed E-state index contributed by atoms with van der Waals surface area (Å²) in [6, 6.07) is -7.23. The molecule has 4 heterocycles. The highest BCUT2D eigenvalue weighted by Gasteiger charge is 2.43. The molecule has 2 atom stereocenters. The molecule has 3 heteroatoms. The first-order valence-electron chi connectivity index (χ1n) is 17.9. The molecule has 0 aromatic heterocycles. The second kappa shape index (κ2) is 4.82. The molecule has 0 saturated carbocycles. The SMILES string of the molecule is [2H]c1c([2H])c2c3c(c1[2H])C([2H])([2H])C([2H])([2H])C([2H])([2H])[C@]3([2H])C([2H])([2H])N([C@@H]1C([2H])([2H])N3C([2H])([2H])C([2H])([2H])C1([2H])C([2H])([2H])C3([2H])[2H])C2=O. The topological polar surface area (TPSA) is 23.6 Å². The Labute approximate surface area is 164 Å².